The van der Waals surface area contributed by atoms with Crippen molar-refractivity contribution in [2.45, 2.75) is 25.4 Å². The third-order valence-electron chi connectivity index (χ3n) is 6.52. The Morgan fingerprint density at radius 3 is 2.77 bits per heavy atom. The van der Waals surface area contributed by atoms with E-state index in [1.807, 2.05) is 12.1 Å². The predicted octanol–water partition coefficient (Wildman–Crippen LogP) is 3.03. The zero-order valence-electron chi connectivity index (χ0n) is 20.3. The largest absolute Gasteiger partial charge is 0.454 e. The summed E-state index contributed by atoms with van der Waals surface area (Å²) in [7, 11) is 0. The number of rotatable bonds is 7. The number of hydrogen-bond acceptors (Lipinski definition) is 9. The quantitative estimate of drug-likeness (QED) is 0.210. The van der Waals surface area contributed by atoms with Crippen molar-refractivity contribution < 1.29 is 23.5 Å². The third kappa shape index (κ3) is 4.43. The zero-order valence-corrected chi connectivity index (χ0v) is 20.3. The lowest BCUT2D eigenvalue weighted by Crippen LogP contribution is -2.22. The Kier molecular flexibility index (Phi) is 5.28. The molecular weight excluding hydrogens is 507 g/mol. The molecule has 0 bridgehead atoms. The first-order valence-corrected chi connectivity index (χ1v) is 12.3. The van der Waals surface area contributed by atoms with E-state index in [2.05, 4.69) is 36.3 Å². The van der Waals surface area contributed by atoms with Gasteiger partial charge in [0.05, 0.1) is 6.20 Å². The van der Waals surface area contributed by atoms with E-state index in [0.717, 1.165) is 24.0 Å². The van der Waals surface area contributed by atoms with Gasteiger partial charge >= 0.3 is 6.03 Å². The van der Waals surface area contributed by atoms with Crippen molar-refractivity contribution in [3.8, 4) is 22.6 Å². The first-order valence-electron chi connectivity index (χ1n) is 12.3. The van der Waals surface area contributed by atoms with Crippen molar-refractivity contribution in [3.05, 3.63) is 65.2 Å². The Balaban J connectivity index is 1.22. The first kappa shape index (κ1) is 23.0. The summed E-state index contributed by atoms with van der Waals surface area (Å²) < 4.78 is 26.7. The molecule has 0 unspecified atom stereocenters. The lowest BCUT2D eigenvalue weighted by molar-refractivity contribution is -0.115. The van der Waals surface area contributed by atoms with Crippen LogP contribution in [0.25, 0.3) is 22.9 Å². The van der Waals surface area contributed by atoms with Gasteiger partial charge in [-0.3, -0.25) is 10.1 Å². The van der Waals surface area contributed by atoms with Crippen molar-refractivity contribution in [2.24, 2.45) is 0 Å². The molecule has 13 heteroatoms. The minimum Gasteiger partial charge on any atom is -0.454 e. The van der Waals surface area contributed by atoms with E-state index in [4.69, 9.17) is 9.47 Å². The highest BCUT2D eigenvalue weighted by molar-refractivity contribution is 6.14. The molecule has 3 amide bonds. The van der Waals surface area contributed by atoms with Gasteiger partial charge in [0.25, 0.3) is 5.91 Å². The van der Waals surface area contributed by atoms with Crippen LogP contribution in [0.5, 0.6) is 11.5 Å². The van der Waals surface area contributed by atoms with E-state index in [1.54, 1.807) is 22.8 Å². The molecule has 4 N–H and O–H groups in total. The number of halogens is 1. The van der Waals surface area contributed by atoms with Gasteiger partial charge in [-0.25, -0.2) is 9.18 Å². The molecule has 39 heavy (non-hydrogen) atoms. The summed E-state index contributed by atoms with van der Waals surface area (Å²) in [5, 5.41) is 15.6. The monoisotopic (exact) mass is 528 g/mol. The van der Waals surface area contributed by atoms with Crippen LogP contribution in [0, 0.1) is 5.82 Å². The number of nitrogens with one attached hydrogen (secondary N) is 4. The summed E-state index contributed by atoms with van der Waals surface area (Å²) >= 11 is 0. The van der Waals surface area contributed by atoms with Crippen molar-refractivity contribution in [1.29, 1.82) is 0 Å². The normalized spacial score (nSPS) is 17.0. The van der Waals surface area contributed by atoms with Crippen molar-refractivity contribution in [3.63, 3.8) is 0 Å². The number of aromatic nitrogens is 4. The Hall–Kier alpha value is -5.20. The fraction of sp³-hybridized carbons (Fsp3) is 0.192. The predicted molar refractivity (Wildman–Crippen MR) is 137 cm³/mol. The molecule has 2 fully saturated rings. The van der Waals surface area contributed by atoms with Crippen LogP contribution in [0.15, 0.2) is 48.3 Å². The maximum absolute atomic E-state index is 14.3. The smallest absolute Gasteiger partial charge is 0.326 e. The zero-order chi connectivity index (χ0) is 26.5. The summed E-state index contributed by atoms with van der Waals surface area (Å²) in [6.45, 7) is 0.448. The van der Waals surface area contributed by atoms with Crippen LogP contribution in [0.1, 0.15) is 24.0 Å². The Bertz CT molecular complexity index is 1700. The van der Waals surface area contributed by atoms with Crippen LogP contribution >= 0.6 is 0 Å². The van der Waals surface area contributed by atoms with E-state index in [9.17, 15) is 14.0 Å². The van der Waals surface area contributed by atoms with Gasteiger partial charge in [0.1, 0.15) is 11.5 Å². The molecule has 1 saturated carbocycles. The van der Waals surface area contributed by atoms with E-state index < -0.39 is 11.9 Å². The second-order valence-corrected chi connectivity index (χ2v) is 9.31. The van der Waals surface area contributed by atoms with E-state index >= 15 is 0 Å². The number of urea groups is 1. The number of carbonyl (C=O) groups is 2. The van der Waals surface area contributed by atoms with Crippen LogP contribution in [-0.2, 0) is 11.3 Å². The lowest BCUT2D eigenvalue weighted by Gasteiger charge is -2.13. The van der Waals surface area contributed by atoms with Crippen LogP contribution in [0.2, 0.25) is 0 Å². The average Bonchev–Trinajstić information content (AvgIpc) is 3.31. The maximum atomic E-state index is 14.3. The van der Waals surface area contributed by atoms with Crippen LogP contribution in [0.4, 0.5) is 21.1 Å². The minimum absolute atomic E-state index is 0.0967. The standard InChI is InChI=1S/C26H21FN8O4/c27-16-3-1-14(18(9-16)13-2-6-20-21(8-13)39-12-38-20)10-28-24-32-22-15(7-19-23(36)33-26(37)31-19)11-29-35(22)25(34-24)30-17-4-5-17/h1-3,6-9,11,17H,4-5,10,12H2,(H2,28,30,32,34)(H2,31,33,36,37)/b19-7-. The van der Waals surface area contributed by atoms with E-state index in [0.29, 0.717) is 46.7 Å². The molecule has 196 valence electrons. The molecule has 1 saturated heterocycles. The van der Waals surface area contributed by atoms with Gasteiger partial charge < -0.3 is 25.4 Å². The topological polar surface area (TPSA) is 144 Å². The molecule has 12 nitrogen and oxygen atoms in total. The van der Waals surface area contributed by atoms with Crippen LogP contribution < -0.4 is 30.7 Å². The molecule has 2 aliphatic heterocycles. The fourth-order valence-electron chi connectivity index (χ4n) is 4.43. The average molecular weight is 529 g/mol. The Morgan fingerprint density at radius 1 is 1.08 bits per heavy atom. The van der Waals surface area contributed by atoms with Crippen molar-refractivity contribution in [2.75, 3.05) is 17.4 Å². The second kappa shape index (κ2) is 8.97. The highest BCUT2D eigenvalue weighted by atomic mass is 19.1. The Morgan fingerprint density at radius 2 is 1.95 bits per heavy atom. The van der Waals surface area contributed by atoms with Gasteiger partial charge in [0.2, 0.25) is 18.7 Å². The van der Waals surface area contributed by atoms with Crippen LogP contribution in [0.3, 0.4) is 0 Å². The highest BCUT2D eigenvalue weighted by Gasteiger charge is 2.26. The molecule has 3 aliphatic rings. The number of imide groups is 1. The molecule has 0 spiro atoms. The molecule has 4 aromatic rings. The number of amides is 3. The maximum Gasteiger partial charge on any atom is 0.326 e. The van der Waals surface area contributed by atoms with Gasteiger partial charge in [-0.1, -0.05) is 12.1 Å². The van der Waals surface area contributed by atoms with Crippen LogP contribution in [-0.4, -0.2) is 44.4 Å². The number of nitrogens with zero attached hydrogens (tertiary/aromatic N) is 4. The van der Waals surface area contributed by atoms with E-state index in [-0.39, 0.29) is 24.3 Å². The molecule has 0 atom stereocenters. The van der Waals surface area contributed by atoms with Crippen molar-refractivity contribution in [1.82, 2.24) is 30.2 Å². The molecule has 4 heterocycles. The summed E-state index contributed by atoms with van der Waals surface area (Å²) in [5.41, 5.74) is 3.35. The van der Waals surface area contributed by atoms with Gasteiger partial charge in [0.15, 0.2) is 17.1 Å². The summed E-state index contributed by atoms with van der Waals surface area (Å²) in [6.07, 6.45) is 5.10. The minimum atomic E-state index is -0.589. The second-order valence-electron chi connectivity index (χ2n) is 9.31. The Labute approximate surface area is 220 Å². The molecule has 2 aromatic heterocycles. The lowest BCUT2D eigenvalue weighted by atomic mass is 9.99. The molecular formula is C26H21FN8O4. The number of fused-ring (bicyclic) bond motifs is 2. The van der Waals surface area contributed by atoms with Gasteiger partial charge in [-0.2, -0.15) is 19.6 Å². The van der Waals surface area contributed by atoms with Gasteiger partial charge in [-0.15, -0.1) is 0 Å². The number of ether oxygens (including phenoxy) is 2. The summed E-state index contributed by atoms with van der Waals surface area (Å²) in [6, 6.07) is 9.77. The SMILES string of the molecule is O=C1NC(=O)/C(=C/c2cnn3c(NC4CC4)nc(NCc4ccc(F)cc4-c4ccc5c(c4)OCO5)nc23)N1. The number of benzene rings is 2. The van der Waals surface area contributed by atoms with Crippen molar-refractivity contribution >= 4 is 35.6 Å². The summed E-state index contributed by atoms with van der Waals surface area (Å²) in [4.78, 5) is 32.8. The highest BCUT2D eigenvalue weighted by Crippen LogP contribution is 2.37. The summed E-state index contributed by atoms with van der Waals surface area (Å²) in [5.74, 6) is 1.16. The molecule has 2 aromatic carbocycles. The van der Waals surface area contributed by atoms with Gasteiger partial charge in [0, 0.05) is 18.2 Å². The number of anilines is 2. The molecule has 7 rings (SSSR count). The fourth-order valence-corrected chi connectivity index (χ4v) is 4.43. The van der Waals surface area contributed by atoms with Gasteiger partial charge in [-0.05, 0) is 59.9 Å². The molecule has 0 radical (unpaired) electrons. The van der Waals surface area contributed by atoms with E-state index in [1.165, 1.54) is 18.2 Å². The molecule has 1 aliphatic carbocycles. The third-order valence-corrected chi connectivity index (χ3v) is 6.52. The number of carbonyl (C=O) groups excluding carboxylic acids is 2. The first-order chi connectivity index (χ1) is 19.0. The number of hydrogen-bond donors (Lipinski definition) is 4.